The van der Waals surface area contributed by atoms with E-state index in [2.05, 4.69) is 0 Å². The third-order valence-electron chi connectivity index (χ3n) is 2.03. The van der Waals surface area contributed by atoms with E-state index in [1.54, 1.807) is 0 Å². The van der Waals surface area contributed by atoms with Gasteiger partial charge in [0, 0.05) is 0 Å². The molecule has 1 atom stereocenters. The largest absolute Gasteiger partial charge is 0.478 e. The molecule has 0 aromatic rings. The minimum absolute atomic E-state index is 0.328. The van der Waals surface area contributed by atoms with Crippen LogP contribution in [0.25, 0.3) is 0 Å². The molecule has 1 saturated heterocycles. The van der Waals surface area contributed by atoms with Crippen LogP contribution in [0, 0.1) is 0 Å². The summed E-state index contributed by atoms with van der Waals surface area (Å²) < 4.78 is 0. The Morgan fingerprint density at radius 1 is 1.71 bits per heavy atom. The minimum Gasteiger partial charge on any atom is -0.478 e. The number of aliphatic carboxylic acids is 1. The summed E-state index contributed by atoms with van der Waals surface area (Å²) >= 11 is 0. The van der Waals surface area contributed by atoms with Gasteiger partial charge in [-0.2, -0.15) is 0 Å². The number of carboxylic acid groups (broad SMARTS) is 1. The average molecular weight is 202 g/mol. The maximum atomic E-state index is 11.1. The number of rotatable bonds is 3. The Labute approximate surface area is 79.0 Å². The maximum absolute atomic E-state index is 11.1. The highest BCUT2D eigenvalue weighted by atomic mass is 16.4. The van der Waals surface area contributed by atoms with Gasteiger partial charge in [-0.3, -0.25) is 20.9 Å². The van der Waals surface area contributed by atoms with Gasteiger partial charge in [-0.25, -0.2) is 15.0 Å². The van der Waals surface area contributed by atoms with Gasteiger partial charge >= 0.3 is 12.0 Å². The summed E-state index contributed by atoms with van der Waals surface area (Å²) in [6, 6.07) is -0.780. The van der Waals surface area contributed by atoms with E-state index < -0.39 is 23.6 Å². The van der Waals surface area contributed by atoms with Gasteiger partial charge in [0.05, 0.1) is 0 Å². The Kier molecular flexibility index (Phi) is 2.41. The molecular weight excluding hydrogens is 192 g/mol. The minimum atomic E-state index is -1.78. The highest BCUT2D eigenvalue weighted by molar-refractivity contribution is 6.04. The summed E-state index contributed by atoms with van der Waals surface area (Å²) in [5, 5.41) is 10.8. The van der Waals surface area contributed by atoms with Crippen LogP contribution in [0.1, 0.15) is 6.92 Å². The fourth-order valence-corrected chi connectivity index (χ4v) is 1.06. The van der Waals surface area contributed by atoms with Crippen molar-refractivity contribution in [2.45, 2.75) is 12.6 Å². The average Bonchev–Trinajstić information content (AvgIpc) is 2.44. The van der Waals surface area contributed by atoms with Crippen molar-refractivity contribution in [2.24, 2.45) is 5.84 Å². The Hall–Kier alpha value is -1.67. The zero-order chi connectivity index (χ0) is 10.9. The number of nitrogens with two attached hydrogens (primary N) is 1. The predicted molar refractivity (Wildman–Crippen MR) is 43.6 cm³/mol. The molecule has 0 aromatic heterocycles. The van der Waals surface area contributed by atoms with E-state index in [1.807, 2.05) is 10.7 Å². The second-order valence-corrected chi connectivity index (χ2v) is 2.96. The molecule has 1 aliphatic heterocycles. The molecule has 5 N–H and O–H groups in total. The van der Waals surface area contributed by atoms with Crippen LogP contribution >= 0.6 is 0 Å². The van der Waals surface area contributed by atoms with Gasteiger partial charge in [0.1, 0.15) is 6.54 Å². The number of nitrogens with zero attached hydrogens (tertiary/aromatic N) is 1. The molecule has 1 heterocycles. The monoisotopic (exact) mass is 202 g/mol. The Morgan fingerprint density at radius 3 is 2.57 bits per heavy atom. The molecule has 78 valence electrons. The first-order valence-corrected chi connectivity index (χ1v) is 3.74. The van der Waals surface area contributed by atoms with E-state index in [0.29, 0.717) is 0 Å². The lowest BCUT2D eigenvalue weighted by Gasteiger charge is -2.32. The molecular formula is C6H10N4O4. The molecule has 14 heavy (non-hydrogen) atoms. The van der Waals surface area contributed by atoms with E-state index in [9.17, 15) is 14.4 Å². The van der Waals surface area contributed by atoms with Crippen molar-refractivity contribution in [1.82, 2.24) is 15.6 Å². The molecule has 1 unspecified atom stereocenters. The second kappa shape index (κ2) is 3.24. The zero-order valence-corrected chi connectivity index (χ0v) is 7.40. The second-order valence-electron chi connectivity index (χ2n) is 2.96. The first-order chi connectivity index (χ1) is 6.41. The number of urea groups is 1. The predicted octanol–water partition coefficient (Wildman–Crippen LogP) is -2.20. The van der Waals surface area contributed by atoms with Crippen molar-refractivity contribution >= 4 is 17.9 Å². The third-order valence-corrected chi connectivity index (χ3v) is 2.03. The van der Waals surface area contributed by atoms with E-state index in [1.165, 1.54) is 6.92 Å². The molecule has 1 rings (SSSR count). The number of amides is 3. The van der Waals surface area contributed by atoms with E-state index >= 15 is 0 Å². The number of nitrogens with one attached hydrogen (secondary N) is 2. The molecule has 0 aliphatic carbocycles. The molecule has 0 aromatic carbocycles. The standard InChI is InChI=1S/C6H10N4O4/c1-6(9-7,4(12)13)10-2-3(11)8-5(10)14/h9H,2,7H2,1H3,(H,12,13)(H,8,11,14). The Morgan fingerprint density at radius 2 is 2.29 bits per heavy atom. The first-order valence-electron chi connectivity index (χ1n) is 3.74. The molecule has 8 heteroatoms. The van der Waals surface area contributed by atoms with Crippen molar-refractivity contribution < 1.29 is 19.5 Å². The van der Waals surface area contributed by atoms with Gasteiger partial charge in [-0.1, -0.05) is 0 Å². The number of hydrogen-bond donors (Lipinski definition) is 4. The van der Waals surface area contributed by atoms with Crippen molar-refractivity contribution in [2.75, 3.05) is 6.54 Å². The highest BCUT2D eigenvalue weighted by Gasteiger charge is 2.46. The lowest BCUT2D eigenvalue weighted by Crippen LogP contribution is -2.65. The fraction of sp³-hybridized carbons (Fsp3) is 0.500. The van der Waals surface area contributed by atoms with E-state index in [4.69, 9.17) is 10.9 Å². The van der Waals surface area contributed by atoms with E-state index in [0.717, 1.165) is 4.90 Å². The molecule has 0 radical (unpaired) electrons. The van der Waals surface area contributed by atoms with Crippen molar-refractivity contribution in [3.8, 4) is 0 Å². The van der Waals surface area contributed by atoms with Gasteiger partial charge in [0.25, 0.3) is 0 Å². The maximum Gasteiger partial charge on any atom is 0.345 e. The first kappa shape index (κ1) is 10.4. The molecule has 0 saturated carbocycles. The molecule has 0 bridgehead atoms. The Balaban J connectivity index is 2.96. The summed E-state index contributed by atoms with van der Waals surface area (Å²) in [5.41, 5.74) is 0.203. The number of carbonyl (C=O) groups is 3. The van der Waals surface area contributed by atoms with Crippen molar-refractivity contribution in [3.05, 3.63) is 0 Å². The van der Waals surface area contributed by atoms with Crippen molar-refractivity contribution in [1.29, 1.82) is 0 Å². The Bertz CT molecular complexity index is 304. The fourth-order valence-electron chi connectivity index (χ4n) is 1.06. The number of hydrogen-bond acceptors (Lipinski definition) is 5. The summed E-state index contributed by atoms with van der Waals surface area (Å²) in [6.07, 6.45) is 0. The summed E-state index contributed by atoms with van der Waals surface area (Å²) in [6.45, 7) is 0.860. The summed E-state index contributed by atoms with van der Waals surface area (Å²) in [5.74, 6) is 3.13. The van der Waals surface area contributed by atoms with Gasteiger partial charge in [-0.15, -0.1) is 0 Å². The normalized spacial score (nSPS) is 20.6. The SMILES string of the molecule is CC(NN)(C(=O)O)N1CC(=O)NC1=O. The van der Waals surface area contributed by atoms with Crippen LogP contribution in [-0.2, 0) is 9.59 Å². The van der Waals surface area contributed by atoms with Crippen LogP contribution in [0.4, 0.5) is 4.79 Å². The molecule has 0 spiro atoms. The van der Waals surface area contributed by atoms with Crippen molar-refractivity contribution in [3.63, 3.8) is 0 Å². The molecule has 1 aliphatic rings. The smallest absolute Gasteiger partial charge is 0.345 e. The quantitative estimate of drug-likeness (QED) is 0.234. The number of imide groups is 1. The molecule has 1 fully saturated rings. The van der Waals surface area contributed by atoms with Crippen LogP contribution in [0.15, 0.2) is 0 Å². The van der Waals surface area contributed by atoms with Crippen LogP contribution in [0.2, 0.25) is 0 Å². The highest BCUT2D eigenvalue weighted by Crippen LogP contribution is 2.14. The van der Waals surface area contributed by atoms with Gasteiger partial charge < -0.3 is 5.11 Å². The zero-order valence-electron chi connectivity index (χ0n) is 7.40. The summed E-state index contributed by atoms with van der Waals surface area (Å²) in [7, 11) is 0. The number of carboxylic acids is 1. The van der Waals surface area contributed by atoms with Crippen LogP contribution < -0.4 is 16.6 Å². The van der Waals surface area contributed by atoms with Gasteiger partial charge in [-0.05, 0) is 6.92 Å². The molecule has 8 nitrogen and oxygen atoms in total. The van der Waals surface area contributed by atoms with Gasteiger partial charge in [0.15, 0.2) is 0 Å². The number of carbonyl (C=O) groups excluding carboxylic acids is 2. The topological polar surface area (TPSA) is 125 Å². The van der Waals surface area contributed by atoms with Crippen LogP contribution in [-0.4, -0.2) is 40.1 Å². The lowest BCUT2D eigenvalue weighted by atomic mass is 10.2. The molecule has 3 amide bonds. The van der Waals surface area contributed by atoms with Crippen LogP contribution in [0.3, 0.4) is 0 Å². The number of hydrazine groups is 1. The summed E-state index contributed by atoms with van der Waals surface area (Å²) in [4.78, 5) is 33.6. The van der Waals surface area contributed by atoms with E-state index in [-0.39, 0.29) is 6.54 Å². The lowest BCUT2D eigenvalue weighted by molar-refractivity contribution is -0.150. The van der Waals surface area contributed by atoms with Crippen LogP contribution in [0.5, 0.6) is 0 Å². The van der Waals surface area contributed by atoms with Gasteiger partial charge in [0.2, 0.25) is 11.6 Å². The third kappa shape index (κ3) is 1.40.